The van der Waals surface area contributed by atoms with Crippen LogP contribution in [-0.4, -0.2) is 33.5 Å². The summed E-state index contributed by atoms with van der Waals surface area (Å²) >= 11 is 0. The largest absolute Gasteiger partial charge is 0.481 e. The van der Waals surface area contributed by atoms with Gasteiger partial charge in [0.05, 0.1) is 18.1 Å². The van der Waals surface area contributed by atoms with Gasteiger partial charge in [-0.3, -0.25) is 4.79 Å². The van der Waals surface area contributed by atoms with Crippen LogP contribution in [0.4, 0.5) is 0 Å². The van der Waals surface area contributed by atoms with Crippen LogP contribution < -0.4 is 0 Å². The summed E-state index contributed by atoms with van der Waals surface area (Å²) in [5, 5.41) is 31.3. The third-order valence-electron chi connectivity index (χ3n) is 22.8. The fraction of sp³-hybridized carbons (Fsp3) is 0.989. The van der Waals surface area contributed by atoms with E-state index in [0.29, 0.717) is 18.8 Å². The Balaban J connectivity index is 1.77. The van der Waals surface area contributed by atoms with Gasteiger partial charge in [-0.25, -0.2) is 0 Å². The van der Waals surface area contributed by atoms with Gasteiger partial charge in [-0.1, -0.05) is 477 Å². The number of rotatable bonds is 80. The number of carbonyl (C=O) groups is 1. The normalized spacial score (nSPS) is 15.8. The molecule has 1 aliphatic rings. The first-order chi connectivity index (χ1) is 44.8. The Kier molecular flexibility index (Phi) is 70.1. The molecule has 1 aliphatic carbocycles. The van der Waals surface area contributed by atoms with Crippen molar-refractivity contribution in [2.75, 3.05) is 0 Å². The van der Waals surface area contributed by atoms with Crippen LogP contribution in [0.5, 0.6) is 0 Å². The van der Waals surface area contributed by atoms with Gasteiger partial charge >= 0.3 is 5.97 Å². The predicted octanol–water partition coefficient (Wildman–Crippen LogP) is 30.2. The minimum Gasteiger partial charge on any atom is -0.481 e. The molecule has 1 fully saturated rings. The second-order valence-corrected chi connectivity index (χ2v) is 31.8. The highest BCUT2D eigenvalue weighted by molar-refractivity contribution is 5.70. The number of aliphatic hydroxyl groups excluding tert-OH is 2. The van der Waals surface area contributed by atoms with E-state index >= 15 is 0 Å². The fourth-order valence-corrected chi connectivity index (χ4v) is 15.8. The molecule has 0 aromatic heterocycles. The molecule has 0 spiro atoms. The maximum atomic E-state index is 12.0. The van der Waals surface area contributed by atoms with Crippen LogP contribution in [-0.2, 0) is 4.79 Å². The number of hydrogen-bond acceptors (Lipinski definition) is 3. The number of aliphatic carboxylic acids is 1. The van der Waals surface area contributed by atoms with E-state index in [1.807, 2.05) is 0 Å². The van der Waals surface area contributed by atoms with Crippen molar-refractivity contribution in [2.45, 2.75) is 521 Å². The number of carboxylic acid groups (broad SMARTS) is 1. The number of unbranched alkanes of at least 4 members (excludes halogenated alkanes) is 64. The van der Waals surface area contributed by atoms with Crippen LogP contribution in [0.3, 0.4) is 0 Å². The van der Waals surface area contributed by atoms with Gasteiger partial charge < -0.3 is 15.3 Å². The Morgan fingerprint density at radius 2 is 0.484 bits per heavy atom. The molecule has 1 rings (SSSR count). The van der Waals surface area contributed by atoms with Crippen LogP contribution >= 0.6 is 0 Å². The van der Waals surface area contributed by atoms with Crippen molar-refractivity contribution in [3.05, 3.63) is 0 Å². The summed E-state index contributed by atoms with van der Waals surface area (Å²) in [5.74, 6) is 2.16. The smallest absolute Gasteiger partial charge is 0.309 e. The molecule has 91 heavy (non-hydrogen) atoms. The number of hydrogen-bond donors (Lipinski definition) is 3. The Morgan fingerprint density at radius 1 is 0.275 bits per heavy atom. The van der Waals surface area contributed by atoms with Gasteiger partial charge in [0.1, 0.15) is 0 Å². The Bertz CT molecular complexity index is 1380. The van der Waals surface area contributed by atoms with Crippen LogP contribution in [0, 0.1) is 29.6 Å². The molecule has 4 nitrogen and oxygen atoms in total. The summed E-state index contributed by atoms with van der Waals surface area (Å²) in [6.07, 6.45) is 102. The van der Waals surface area contributed by atoms with Crippen LogP contribution in [0.25, 0.3) is 0 Å². The van der Waals surface area contributed by atoms with Gasteiger partial charge in [0, 0.05) is 0 Å². The van der Waals surface area contributed by atoms with Gasteiger partial charge in [0.15, 0.2) is 0 Å². The standard InChI is InChI=1S/C87H172O4/c1-5-7-9-11-13-15-17-19-21-23-24-25-26-27-28-33-40-46-52-58-64-70-76-83(87(90)91)86(89)78-72-66-60-54-48-42-36-35-39-45-51-57-63-69-75-82-79-84(82)80(3)73-67-61-55-49-43-37-32-29-30-34-41-47-53-59-65-71-77-85(88)81(4)74-68-62-56-50-44-38-31-22-20-18-16-14-12-10-8-6-2/h80-86,88-89H,5-79H2,1-4H3,(H,90,91)/t80-,81+,82+,83+,84+,85-,86+/m0/s1. The second kappa shape index (κ2) is 72.1. The van der Waals surface area contributed by atoms with E-state index in [9.17, 15) is 20.1 Å². The molecule has 0 aromatic rings. The van der Waals surface area contributed by atoms with Crippen molar-refractivity contribution < 1.29 is 20.1 Å². The lowest BCUT2D eigenvalue weighted by atomic mass is 9.91. The molecule has 0 aliphatic heterocycles. The van der Waals surface area contributed by atoms with E-state index in [-0.39, 0.29) is 6.10 Å². The van der Waals surface area contributed by atoms with Gasteiger partial charge in [-0.15, -0.1) is 0 Å². The van der Waals surface area contributed by atoms with Gasteiger partial charge in [0.2, 0.25) is 0 Å². The summed E-state index contributed by atoms with van der Waals surface area (Å²) in [4.78, 5) is 12.0. The van der Waals surface area contributed by atoms with E-state index in [4.69, 9.17) is 0 Å². The Hall–Kier alpha value is -0.610. The molecule has 0 amide bonds. The summed E-state index contributed by atoms with van der Waals surface area (Å²) in [5.41, 5.74) is 0. The van der Waals surface area contributed by atoms with Crippen molar-refractivity contribution in [3.63, 3.8) is 0 Å². The lowest BCUT2D eigenvalue weighted by Gasteiger charge is -2.19. The summed E-state index contributed by atoms with van der Waals surface area (Å²) in [6.45, 7) is 9.46. The Labute approximate surface area is 574 Å². The molecule has 0 unspecified atom stereocenters. The van der Waals surface area contributed by atoms with E-state index < -0.39 is 18.0 Å². The predicted molar refractivity (Wildman–Crippen MR) is 406 cm³/mol. The van der Waals surface area contributed by atoms with Crippen molar-refractivity contribution in [3.8, 4) is 0 Å². The molecule has 0 aromatic carbocycles. The fourth-order valence-electron chi connectivity index (χ4n) is 15.8. The maximum absolute atomic E-state index is 12.0. The first-order valence-electron chi connectivity index (χ1n) is 43.4. The summed E-state index contributed by atoms with van der Waals surface area (Å²) < 4.78 is 0. The number of aliphatic hydroxyl groups is 2. The van der Waals surface area contributed by atoms with Gasteiger partial charge in [-0.2, -0.15) is 0 Å². The molecule has 544 valence electrons. The monoisotopic (exact) mass is 1280 g/mol. The van der Waals surface area contributed by atoms with Crippen LogP contribution in [0.1, 0.15) is 509 Å². The molecular formula is C87H172O4. The molecule has 0 bridgehead atoms. The molecule has 3 N–H and O–H groups in total. The Morgan fingerprint density at radius 3 is 0.747 bits per heavy atom. The first kappa shape index (κ1) is 88.4. The summed E-state index contributed by atoms with van der Waals surface area (Å²) in [6, 6.07) is 0. The molecule has 4 heteroatoms. The van der Waals surface area contributed by atoms with Crippen LogP contribution in [0.2, 0.25) is 0 Å². The van der Waals surface area contributed by atoms with Crippen LogP contribution in [0.15, 0.2) is 0 Å². The zero-order chi connectivity index (χ0) is 65.7. The topological polar surface area (TPSA) is 77.8 Å². The maximum Gasteiger partial charge on any atom is 0.309 e. The third kappa shape index (κ3) is 63.9. The lowest BCUT2D eigenvalue weighted by molar-refractivity contribution is -0.146. The van der Waals surface area contributed by atoms with Crippen molar-refractivity contribution >= 4 is 5.97 Å². The molecule has 0 heterocycles. The lowest BCUT2D eigenvalue weighted by Crippen LogP contribution is -2.28. The molecule has 7 atom stereocenters. The van der Waals surface area contributed by atoms with E-state index in [1.54, 1.807) is 0 Å². The molecule has 0 saturated heterocycles. The van der Waals surface area contributed by atoms with Gasteiger partial charge in [-0.05, 0) is 55.8 Å². The van der Waals surface area contributed by atoms with Crippen molar-refractivity contribution in [2.24, 2.45) is 29.6 Å². The van der Waals surface area contributed by atoms with E-state index in [0.717, 1.165) is 49.9 Å². The zero-order valence-electron chi connectivity index (χ0n) is 63.3. The van der Waals surface area contributed by atoms with Crippen molar-refractivity contribution in [1.29, 1.82) is 0 Å². The van der Waals surface area contributed by atoms with E-state index in [2.05, 4.69) is 27.7 Å². The first-order valence-corrected chi connectivity index (χ1v) is 43.4. The van der Waals surface area contributed by atoms with Crippen molar-refractivity contribution in [1.82, 2.24) is 0 Å². The highest BCUT2D eigenvalue weighted by Gasteiger charge is 2.39. The minimum atomic E-state index is -0.799. The second-order valence-electron chi connectivity index (χ2n) is 31.8. The summed E-state index contributed by atoms with van der Waals surface area (Å²) in [7, 11) is 0. The average molecular weight is 1280 g/mol. The van der Waals surface area contributed by atoms with Gasteiger partial charge in [0.25, 0.3) is 0 Å². The highest BCUT2D eigenvalue weighted by Crippen LogP contribution is 2.49. The number of carboxylic acids is 1. The SMILES string of the molecule is CCCCCCCCCCCCCCCCCCCCCCCC[C@@H](C(=O)O)[C@H](O)CCCCCCCCCCCCCCCC[C@@H]1C[C@@H]1[C@@H](C)CCCCCCCCCCCCCCCCCC[C@H](O)[C@H](C)CCCCCCCCCCCCCCCCCC. The molecule has 0 radical (unpaired) electrons. The average Bonchev–Trinajstić information content (AvgIpc) is 2.01. The van der Waals surface area contributed by atoms with E-state index in [1.165, 1.54) is 437 Å². The third-order valence-corrected chi connectivity index (χ3v) is 22.8. The minimum absolute atomic E-state index is 0.0809. The quantitative estimate of drug-likeness (QED) is 0.0530. The molecule has 1 saturated carbocycles. The molecular weight excluding hydrogens is 1110 g/mol. The zero-order valence-corrected chi connectivity index (χ0v) is 63.3. The highest BCUT2D eigenvalue weighted by atomic mass is 16.4.